The molecule has 0 saturated carbocycles. The first kappa shape index (κ1) is 14.0. The maximum absolute atomic E-state index is 11.9. The van der Waals surface area contributed by atoms with Gasteiger partial charge in [-0.1, -0.05) is 12.1 Å². The van der Waals surface area contributed by atoms with Crippen LogP contribution in [0.2, 0.25) is 0 Å². The van der Waals surface area contributed by atoms with E-state index in [1.54, 1.807) is 6.07 Å². The number of allylic oxidation sites excluding steroid dienone is 1. The summed E-state index contributed by atoms with van der Waals surface area (Å²) < 4.78 is 0. The summed E-state index contributed by atoms with van der Waals surface area (Å²) in [5, 5.41) is 21.4. The molecule has 20 heavy (non-hydrogen) atoms. The van der Waals surface area contributed by atoms with Crippen molar-refractivity contribution in [2.45, 2.75) is 12.8 Å². The molecule has 1 heterocycles. The van der Waals surface area contributed by atoms with Gasteiger partial charge in [-0.2, -0.15) is 0 Å². The zero-order valence-corrected chi connectivity index (χ0v) is 11.3. The summed E-state index contributed by atoms with van der Waals surface area (Å²) in [6.07, 6.45) is 6.89. The van der Waals surface area contributed by atoms with E-state index in [-0.39, 0.29) is 17.4 Å². The number of phenolic OH excluding ortho intramolecular Hbond substituents is 2. The molecular weight excluding hydrogens is 256 g/mol. The summed E-state index contributed by atoms with van der Waals surface area (Å²) in [5.41, 5.74) is 1.58. The molecule has 1 aromatic carbocycles. The third-order valence-corrected chi connectivity index (χ3v) is 3.07. The van der Waals surface area contributed by atoms with Crippen LogP contribution in [0.5, 0.6) is 11.5 Å². The largest absolute Gasteiger partial charge is 0.504 e. The van der Waals surface area contributed by atoms with Gasteiger partial charge in [0.25, 0.3) is 0 Å². The molecule has 0 radical (unpaired) electrons. The van der Waals surface area contributed by atoms with Crippen molar-refractivity contribution < 1.29 is 15.0 Å². The Kier molecular flexibility index (Phi) is 4.30. The number of aromatic hydroxyl groups is 2. The lowest BCUT2D eigenvalue weighted by Crippen LogP contribution is -2.28. The van der Waals surface area contributed by atoms with Gasteiger partial charge in [-0.3, -0.25) is 4.79 Å². The van der Waals surface area contributed by atoms with E-state index in [1.165, 1.54) is 12.1 Å². The fourth-order valence-corrected chi connectivity index (χ4v) is 2.00. The summed E-state index contributed by atoms with van der Waals surface area (Å²) >= 11 is 0. The second-order valence-corrected chi connectivity index (χ2v) is 4.74. The van der Waals surface area contributed by atoms with Gasteiger partial charge in [0.15, 0.2) is 11.5 Å². The number of phenols is 2. The number of hydrogen-bond donors (Lipinski definition) is 3. The van der Waals surface area contributed by atoms with Crippen molar-refractivity contribution in [1.82, 2.24) is 10.2 Å². The summed E-state index contributed by atoms with van der Waals surface area (Å²) in [6, 6.07) is 4.66. The Morgan fingerprint density at radius 1 is 1.35 bits per heavy atom. The van der Waals surface area contributed by atoms with Crippen molar-refractivity contribution in [3.8, 4) is 11.5 Å². The normalized spacial score (nSPS) is 14.1. The minimum atomic E-state index is -0.143. The molecule has 0 fully saturated rings. The van der Waals surface area contributed by atoms with E-state index in [0.717, 1.165) is 11.1 Å². The van der Waals surface area contributed by atoms with E-state index in [9.17, 15) is 15.0 Å². The van der Waals surface area contributed by atoms with Crippen LogP contribution in [0.1, 0.15) is 12.0 Å². The van der Waals surface area contributed by atoms with Crippen LogP contribution in [0.4, 0.5) is 0 Å². The topological polar surface area (TPSA) is 72.8 Å². The molecule has 0 aromatic heterocycles. The number of nitrogens with zero attached hydrogens (tertiary/aromatic N) is 1. The molecule has 1 aliphatic rings. The third kappa shape index (κ3) is 3.54. The van der Waals surface area contributed by atoms with Gasteiger partial charge in [0.1, 0.15) is 0 Å². The van der Waals surface area contributed by atoms with Crippen molar-refractivity contribution >= 4 is 5.91 Å². The van der Waals surface area contributed by atoms with Crippen molar-refractivity contribution in [3.05, 3.63) is 47.8 Å². The lowest BCUT2D eigenvalue weighted by molar-refractivity contribution is -0.117. The average Bonchev–Trinajstić information content (AvgIpc) is 2.42. The molecule has 5 nitrogen and oxygen atoms in total. The minimum absolute atomic E-state index is 0.0794. The average molecular weight is 274 g/mol. The number of hydrogen-bond acceptors (Lipinski definition) is 4. The lowest BCUT2D eigenvalue weighted by atomic mass is 10.1. The Bertz CT molecular complexity index is 564. The van der Waals surface area contributed by atoms with Crippen LogP contribution in [0.3, 0.4) is 0 Å². The molecule has 0 atom stereocenters. The molecule has 1 aromatic rings. The molecule has 1 aliphatic heterocycles. The number of amides is 1. The Morgan fingerprint density at radius 3 is 2.85 bits per heavy atom. The summed E-state index contributed by atoms with van der Waals surface area (Å²) in [4.78, 5) is 13.8. The molecule has 1 amide bonds. The maximum atomic E-state index is 11.9. The van der Waals surface area contributed by atoms with Gasteiger partial charge >= 0.3 is 0 Å². The molecule has 0 unspecified atom stereocenters. The van der Waals surface area contributed by atoms with Crippen molar-refractivity contribution in [2.75, 3.05) is 13.6 Å². The third-order valence-electron chi connectivity index (χ3n) is 3.07. The quantitative estimate of drug-likeness (QED) is 0.727. The summed E-state index contributed by atoms with van der Waals surface area (Å²) in [6.45, 7) is 0.480. The number of rotatable bonds is 4. The molecule has 0 bridgehead atoms. The number of nitrogens with one attached hydrogen (secondary N) is 1. The van der Waals surface area contributed by atoms with Crippen LogP contribution >= 0.6 is 0 Å². The van der Waals surface area contributed by atoms with E-state index in [4.69, 9.17) is 0 Å². The predicted octanol–water partition coefficient (Wildman–Crippen LogP) is 1.49. The molecular formula is C15H18N2O3. The van der Waals surface area contributed by atoms with Gasteiger partial charge in [0, 0.05) is 25.4 Å². The Balaban J connectivity index is 1.83. The van der Waals surface area contributed by atoms with Crippen LogP contribution < -0.4 is 5.32 Å². The first-order valence-electron chi connectivity index (χ1n) is 6.44. The van der Waals surface area contributed by atoms with Crippen LogP contribution in [0.25, 0.3) is 0 Å². The standard InChI is InChI=1S/C15H18N2O3/c1-17-8-2-3-12(10-17)15(20)16-7-6-11-4-5-13(18)14(19)9-11/h2,4-5,8-10,18-19H,3,6-7H2,1H3,(H,16,20). The fourth-order valence-electron chi connectivity index (χ4n) is 2.00. The first-order valence-corrected chi connectivity index (χ1v) is 6.44. The number of benzene rings is 1. The Morgan fingerprint density at radius 2 is 2.15 bits per heavy atom. The highest BCUT2D eigenvalue weighted by Gasteiger charge is 2.11. The van der Waals surface area contributed by atoms with Crippen LogP contribution in [-0.4, -0.2) is 34.6 Å². The maximum Gasteiger partial charge on any atom is 0.249 e. The predicted molar refractivity (Wildman–Crippen MR) is 76.1 cm³/mol. The van der Waals surface area contributed by atoms with Gasteiger partial charge in [0.05, 0.1) is 0 Å². The smallest absolute Gasteiger partial charge is 0.249 e. The zero-order chi connectivity index (χ0) is 14.5. The second-order valence-electron chi connectivity index (χ2n) is 4.74. The van der Waals surface area contributed by atoms with E-state index in [0.29, 0.717) is 19.4 Å². The van der Waals surface area contributed by atoms with Crippen molar-refractivity contribution in [3.63, 3.8) is 0 Å². The zero-order valence-electron chi connectivity index (χ0n) is 11.3. The second kappa shape index (κ2) is 6.14. The van der Waals surface area contributed by atoms with Crippen molar-refractivity contribution in [2.24, 2.45) is 0 Å². The molecule has 106 valence electrons. The van der Waals surface area contributed by atoms with Crippen molar-refractivity contribution in [1.29, 1.82) is 0 Å². The summed E-state index contributed by atoms with van der Waals surface area (Å²) in [7, 11) is 1.88. The van der Waals surface area contributed by atoms with E-state index in [1.807, 2.05) is 30.4 Å². The number of carbonyl (C=O) groups excluding carboxylic acids is 1. The minimum Gasteiger partial charge on any atom is -0.504 e. The fraction of sp³-hybridized carbons (Fsp3) is 0.267. The highest BCUT2D eigenvalue weighted by atomic mass is 16.3. The van der Waals surface area contributed by atoms with Crippen LogP contribution in [0, 0.1) is 0 Å². The summed E-state index contributed by atoms with van der Waals surface area (Å²) in [5.74, 6) is -0.361. The highest BCUT2D eigenvalue weighted by Crippen LogP contribution is 2.24. The molecule has 0 spiro atoms. The first-order chi connectivity index (χ1) is 9.56. The number of carbonyl (C=O) groups is 1. The van der Waals surface area contributed by atoms with Gasteiger partial charge in [0.2, 0.25) is 5.91 Å². The van der Waals surface area contributed by atoms with Gasteiger partial charge in [-0.25, -0.2) is 0 Å². The Labute approximate surface area is 117 Å². The molecule has 3 N–H and O–H groups in total. The van der Waals surface area contributed by atoms with Gasteiger partial charge < -0.3 is 20.4 Å². The van der Waals surface area contributed by atoms with E-state index < -0.39 is 0 Å². The van der Waals surface area contributed by atoms with Gasteiger partial charge in [-0.05, 0) is 36.7 Å². The Hall–Kier alpha value is -2.43. The molecule has 0 aliphatic carbocycles. The van der Waals surface area contributed by atoms with Crippen LogP contribution in [-0.2, 0) is 11.2 Å². The molecule has 5 heteroatoms. The lowest BCUT2D eigenvalue weighted by Gasteiger charge is -2.16. The van der Waals surface area contributed by atoms with Gasteiger partial charge in [-0.15, -0.1) is 0 Å². The molecule has 2 rings (SSSR count). The van der Waals surface area contributed by atoms with E-state index >= 15 is 0 Å². The van der Waals surface area contributed by atoms with Crippen LogP contribution in [0.15, 0.2) is 42.2 Å². The highest BCUT2D eigenvalue weighted by molar-refractivity contribution is 5.93. The molecule has 0 saturated heterocycles. The SMILES string of the molecule is CN1C=CCC(C(=O)NCCc2ccc(O)c(O)c2)=C1. The monoisotopic (exact) mass is 274 g/mol. The van der Waals surface area contributed by atoms with E-state index in [2.05, 4.69) is 5.32 Å².